The molecule has 176 valence electrons. The number of anilines is 1. The number of nitrogens with zero attached hydrogens (tertiary/aromatic N) is 2. The summed E-state index contributed by atoms with van der Waals surface area (Å²) in [4.78, 5) is 54.0. The third-order valence-electron chi connectivity index (χ3n) is 5.00. The molecule has 0 aliphatic rings. The normalized spacial score (nSPS) is 10.5. The van der Waals surface area contributed by atoms with Crippen LogP contribution in [0.15, 0.2) is 83.9 Å². The van der Waals surface area contributed by atoms with Crippen LogP contribution in [0.1, 0.15) is 26.3 Å². The van der Waals surface area contributed by atoms with Crippen LogP contribution in [0.2, 0.25) is 0 Å². The number of hydrogen-bond acceptors (Lipinski definition) is 6. The Kier molecular flexibility index (Phi) is 6.91. The standard InChI is InChI=1S/C25H19FN4O5/c26-18-10-8-17(9-11-18)21(31)14-28-23(32)19-7-4-12-30-22(19)27-13-20(24(30)33)29-25(34)35-15-16-5-2-1-3-6-16/h1-13H,14-15H2,(H,28,32)(H,29,34). The summed E-state index contributed by atoms with van der Waals surface area (Å²) in [6.45, 7) is -0.307. The molecule has 2 heterocycles. The van der Waals surface area contributed by atoms with Crippen molar-refractivity contribution in [3.63, 3.8) is 0 Å². The molecule has 0 atom stereocenters. The quantitative estimate of drug-likeness (QED) is 0.397. The van der Waals surface area contributed by atoms with Crippen molar-refractivity contribution >= 4 is 29.1 Å². The highest BCUT2D eigenvalue weighted by Gasteiger charge is 2.16. The van der Waals surface area contributed by atoms with Gasteiger partial charge in [0.2, 0.25) is 0 Å². The Morgan fingerprint density at radius 3 is 2.46 bits per heavy atom. The second kappa shape index (κ2) is 10.4. The minimum Gasteiger partial charge on any atom is -0.444 e. The molecule has 2 amide bonds. The number of Topliss-reactive ketones (excluding diaryl/α,β-unsaturated/α-hetero) is 1. The zero-order valence-corrected chi connectivity index (χ0v) is 18.2. The van der Waals surface area contributed by atoms with Crippen molar-refractivity contribution in [2.45, 2.75) is 6.61 Å². The summed E-state index contributed by atoms with van der Waals surface area (Å²) in [7, 11) is 0. The molecule has 0 aliphatic carbocycles. The molecule has 0 saturated heterocycles. The number of rotatable bonds is 7. The van der Waals surface area contributed by atoms with Gasteiger partial charge in [-0.2, -0.15) is 0 Å². The number of hydrogen-bond donors (Lipinski definition) is 2. The van der Waals surface area contributed by atoms with E-state index in [-0.39, 0.29) is 35.6 Å². The fourth-order valence-electron chi connectivity index (χ4n) is 3.23. The number of benzene rings is 2. The van der Waals surface area contributed by atoms with Gasteiger partial charge in [-0.3, -0.25) is 24.1 Å². The molecule has 0 fully saturated rings. The largest absolute Gasteiger partial charge is 0.444 e. The number of ketones is 1. The van der Waals surface area contributed by atoms with Crippen LogP contribution in [0.25, 0.3) is 5.65 Å². The van der Waals surface area contributed by atoms with Crippen molar-refractivity contribution in [1.29, 1.82) is 0 Å². The molecule has 10 heteroatoms. The summed E-state index contributed by atoms with van der Waals surface area (Å²) in [5, 5.41) is 4.83. The summed E-state index contributed by atoms with van der Waals surface area (Å²) in [6.07, 6.45) is 1.69. The fraction of sp³-hybridized carbons (Fsp3) is 0.0800. The van der Waals surface area contributed by atoms with Crippen LogP contribution in [0.4, 0.5) is 14.9 Å². The van der Waals surface area contributed by atoms with Crippen LogP contribution in [0, 0.1) is 5.82 Å². The molecular weight excluding hydrogens is 455 g/mol. The number of halogens is 1. The zero-order chi connectivity index (χ0) is 24.8. The number of carbonyl (C=O) groups excluding carboxylic acids is 3. The Labute approximate surface area is 198 Å². The van der Waals surface area contributed by atoms with Crippen LogP contribution in [-0.4, -0.2) is 33.7 Å². The van der Waals surface area contributed by atoms with E-state index in [0.717, 1.165) is 28.3 Å². The Hall–Kier alpha value is -4.86. The first-order valence-electron chi connectivity index (χ1n) is 10.5. The van der Waals surface area contributed by atoms with Gasteiger partial charge in [0, 0.05) is 11.8 Å². The van der Waals surface area contributed by atoms with Gasteiger partial charge in [-0.25, -0.2) is 14.2 Å². The third kappa shape index (κ3) is 5.56. The summed E-state index contributed by atoms with van der Waals surface area (Å²) < 4.78 is 19.2. The van der Waals surface area contributed by atoms with Crippen LogP contribution < -0.4 is 16.2 Å². The molecule has 35 heavy (non-hydrogen) atoms. The highest BCUT2D eigenvalue weighted by molar-refractivity contribution is 6.04. The molecule has 0 bridgehead atoms. The number of amides is 2. The molecule has 0 radical (unpaired) electrons. The lowest BCUT2D eigenvalue weighted by molar-refractivity contribution is 0.0904. The average Bonchev–Trinajstić information content (AvgIpc) is 2.88. The first kappa shape index (κ1) is 23.3. The predicted octanol–water partition coefficient (Wildman–Crippen LogP) is 3.20. The van der Waals surface area contributed by atoms with Gasteiger partial charge in [0.05, 0.1) is 18.3 Å². The fourth-order valence-corrected chi connectivity index (χ4v) is 3.23. The maximum Gasteiger partial charge on any atom is 0.412 e. The molecule has 9 nitrogen and oxygen atoms in total. The maximum atomic E-state index is 13.0. The lowest BCUT2D eigenvalue weighted by atomic mass is 10.1. The van der Waals surface area contributed by atoms with Crippen molar-refractivity contribution in [3.8, 4) is 0 Å². The van der Waals surface area contributed by atoms with E-state index in [1.807, 2.05) is 18.2 Å². The molecule has 2 N–H and O–H groups in total. The van der Waals surface area contributed by atoms with E-state index < -0.39 is 29.2 Å². The zero-order valence-electron chi connectivity index (χ0n) is 18.2. The number of fused-ring (bicyclic) bond motifs is 1. The number of pyridine rings is 1. The topological polar surface area (TPSA) is 119 Å². The molecule has 0 aliphatic heterocycles. The van der Waals surface area contributed by atoms with Crippen molar-refractivity contribution in [2.75, 3.05) is 11.9 Å². The summed E-state index contributed by atoms with van der Waals surface area (Å²) in [5.41, 5.74) is 0.355. The number of nitrogens with one attached hydrogen (secondary N) is 2. The lowest BCUT2D eigenvalue weighted by Crippen LogP contribution is -2.31. The molecule has 0 unspecified atom stereocenters. The summed E-state index contributed by atoms with van der Waals surface area (Å²) in [5.74, 6) is -1.52. The second-order valence-electron chi connectivity index (χ2n) is 7.39. The Bertz CT molecular complexity index is 1450. The first-order chi connectivity index (χ1) is 16.9. The third-order valence-corrected chi connectivity index (χ3v) is 5.00. The van der Waals surface area contributed by atoms with Crippen molar-refractivity contribution in [3.05, 3.63) is 112 Å². The van der Waals surface area contributed by atoms with Gasteiger partial charge < -0.3 is 10.1 Å². The maximum absolute atomic E-state index is 13.0. The number of aromatic nitrogens is 2. The Morgan fingerprint density at radius 2 is 1.71 bits per heavy atom. The van der Waals surface area contributed by atoms with Gasteiger partial charge in [-0.05, 0) is 42.0 Å². The number of carbonyl (C=O) groups is 3. The Balaban J connectivity index is 1.45. The lowest BCUT2D eigenvalue weighted by Gasteiger charge is -2.10. The molecule has 4 aromatic rings. The van der Waals surface area contributed by atoms with E-state index >= 15 is 0 Å². The minimum absolute atomic E-state index is 0.0238. The Morgan fingerprint density at radius 1 is 0.971 bits per heavy atom. The van der Waals surface area contributed by atoms with Gasteiger partial charge in [0.1, 0.15) is 18.1 Å². The van der Waals surface area contributed by atoms with Gasteiger partial charge >= 0.3 is 6.09 Å². The van der Waals surface area contributed by atoms with E-state index in [1.165, 1.54) is 30.5 Å². The van der Waals surface area contributed by atoms with Gasteiger partial charge in [-0.1, -0.05) is 30.3 Å². The van der Waals surface area contributed by atoms with Gasteiger partial charge in [-0.15, -0.1) is 0 Å². The highest BCUT2D eigenvalue weighted by Crippen LogP contribution is 2.10. The van der Waals surface area contributed by atoms with E-state index in [0.29, 0.717) is 0 Å². The van der Waals surface area contributed by atoms with E-state index in [2.05, 4.69) is 15.6 Å². The summed E-state index contributed by atoms with van der Waals surface area (Å²) >= 11 is 0. The average molecular weight is 474 g/mol. The molecule has 4 rings (SSSR count). The van der Waals surface area contributed by atoms with Crippen LogP contribution in [0.3, 0.4) is 0 Å². The van der Waals surface area contributed by atoms with Crippen LogP contribution in [-0.2, 0) is 11.3 Å². The summed E-state index contributed by atoms with van der Waals surface area (Å²) in [6, 6.07) is 16.9. The molecule has 2 aromatic heterocycles. The minimum atomic E-state index is -0.832. The SMILES string of the molecule is O=C(Nc1cnc2c(C(=O)NCC(=O)c3ccc(F)cc3)cccn2c1=O)OCc1ccccc1. The van der Waals surface area contributed by atoms with E-state index in [9.17, 15) is 23.6 Å². The highest BCUT2D eigenvalue weighted by atomic mass is 19.1. The van der Waals surface area contributed by atoms with Crippen LogP contribution in [0.5, 0.6) is 0 Å². The molecule has 2 aromatic carbocycles. The van der Waals surface area contributed by atoms with E-state index in [1.54, 1.807) is 12.1 Å². The van der Waals surface area contributed by atoms with Crippen LogP contribution >= 0.6 is 0 Å². The van der Waals surface area contributed by atoms with Crippen molar-refractivity contribution < 1.29 is 23.5 Å². The number of ether oxygens (including phenoxy) is 1. The molecular formula is C25H19FN4O5. The van der Waals surface area contributed by atoms with Crippen molar-refractivity contribution in [1.82, 2.24) is 14.7 Å². The predicted molar refractivity (Wildman–Crippen MR) is 125 cm³/mol. The second-order valence-corrected chi connectivity index (χ2v) is 7.39. The molecule has 0 saturated carbocycles. The van der Waals surface area contributed by atoms with Gasteiger partial charge in [0.15, 0.2) is 11.4 Å². The van der Waals surface area contributed by atoms with E-state index in [4.69, 9.17) is 4.74 Å². The molecule has 0 spiro atoms. The van der Waals surface area contributed by atoms with Crippen molar-refractivity contribution in [2.24, 2.45) is 0 Å². The smallest absolute Gasteiger partial charge is 0.412 e. The monoisotopic (exact) mass is 474 g/mol. The first-order valence-corrected chi connectivity index (χ1v) is 10.5. The van der Waals surface area contributed by atoms with Gasteiger partial charge in [0.25, 0.3) is 11.5 Å².